The van der Waals surface area contributed by atoms with E-state index in [2.05, 4.69) is 15.9 Å². The smallest absolute Gasteiger partial charge is 0.144 e. The molecule has 0 atom stereocenters. The molecule has 0 saturated carbocycles. The summed E-state index contributed by atoms with van der Waals surface area (Å²) in [5.74, 6) is 0.618. The molecule has 1 aromatic heterocycles. The Morgan fingerprint density at radius 2 is 2.19 bits per heavy atom. The van der Waals surface area contributed by atoms with Crippen molar-refractivity contribution in [2.45, 2.75) is 6.61 Å². The number of anilines is 1. The van der Waals surface area contributed by atoms with Crippen LogP contribution in [0, 0.1) is 0 Å². The highest BCUT2D eigenvalue weighted by atomic mass is 79.9. The summed E-state index contributed by atoms with van der Waals surface area (Å²) in [6.45, 7) is 0.489. The van der Waals surface area contributed by atoms with Crippen molar-refractivity contribution in [1.29, 1.82) is 0 Å². The second kappa shape index (κ2) is 5.08. The normalized spacial score (nSPS) is 10.4. The summed E-state index contributed by atoms with van der Waals surface area (Å²) in [4.78, 5) is 1.12. The third-order valence-corrected chi connectivity index (χ3v) is 4.16. The lowest BCUT2D eigenvalue weighted by molar-refractivity contribution is 0.311. The van der Waals surface area contributed by atoms with Crippen molar-refractivity contribution in [1.82, 2.24) is 0 Å². The van der Waals surface area contributed by atoms with Crippen LogP contribution in [0.1, 0.15) is 4.88 Å². The predicted octanol–water partition coefficient (Wildman–Crippen LogP) is 4.33. The third-order valence-electron chi connectivity index (χ3n) is 2.03. The highest BCUT2D eigenvalue weighted by Crippen LogP contribution is 2.28. The molecule has 16 heavy (non-hydrogen) atoms. The van der Waals surface area contributed by atoms with Crippen LogP contribution >= 0.6 is 38.9 Å². The van der Waals surface area contributed by atoms with Crippen molar-refractivity contribution >= 4 is 44.6 Å². The summed E-state index contributed by atoms with van der Waals surface area (Å²) in [5, 5.41) is 2.62. The molecule has 1 aromatic carbocycles. The molecule has 0 spiro atoms. The molecule has 0 bridgehead atoms. The van der Waals surface area contributed by atoms with Gasteiger partial charge in [0.25, 0.3) is 0 Å². The van der Waals surface area contributed by atoms with Crippen molar-refractivity contribution in [2.75, 3.05) is 5.73 Å². The fourth-order valence-electron chi connectivity index (χ4n) is 1.20. The van der Waals surface area contributed by atoms with E-state index in [0.29, 0.717) is 23.1 Å². The van der Waals surface area contributed by atoms with E-state index in [1.165, 1.54) is 0 Å². The van der Waals surface area contributed by atoms with Gasteiger partial charge in [-0.15, -0.1) is 11.3 Å². The summed E-state index contributed by atoms with van der Waals surface area (Å²) < 4.78 is 6.67. The van der Waals surface area contributed by atoms with Gasteiger partial charge in [-0.3, -0.25) is 0 Å². The molecule has 1 heterocycles. The first-order chi connectivity index (χ1) is 7.66. The summed E-state index contributed by atoms with van der Waals surface area (Å²) in [7, 11) is 0. The SMILES string of the molecule is Nc1ccc(Cl)cc1OCc1sccc1Br. The maximum atomic E-state index is 5.87. The maximum absolute atomic E-state index is 5.87. The molecule has 0 fully saturated rings. The fraction of sp³-hybridized carbons (Fsp3) is 0.0909. The van der Waals surface area contributed by atoms with Gasteiger partial charge in [-0.2, -0.15) is 0 Å². The molecule has 2 nitrogen and oxygen atoms in total. The number of nitrogens with two attached hydrogens (primary N) is 1. The molecule has 5 heteroatoms. The zero-order chi connectivity index (χ0) is 11.5. The standard InChI is InChI=1S/C11H9BrClNOS/c12-8-3-4-16-11(8)6-15-10-5-7(13)1-2-9(10)14/h1-5H,6,14H2. The Morgan fingerprint density at radius 1 is 1.38 bits per heavy atom. The topological polar surface area (TPSA) is 35.2 Å². The van der Waals surface area contributed by atoms with Gasteiger partial charge in [-0.05, 0) is 39.5 Å². The number of hydrogen-bond donors (Lipinski definition) is 1. The highest BCUT2D eigenvalue weighted by Gasteiger charge is 2.05. The predicted molar refractivity (Wildman–Crippen MR) is 72.2 cm³/mol. The summed E-state index contributed by atoms with van der Waals surface area (Å²) in [6.07, 6.45) is 0. The van der Waals surface area contributed by atoms with E-state index < -0.39 is 0 Å². The first kappa shape index (κ1) is 11.8. The Labute approximate surface area is 111 Å². The van der Waals surface area contributed by atoms with Crippen LogP contribution in [0.3, 0.4) is 0 Å². The molecule has 2 N–H and O–H groups in total. The number of ether oxygens (including phenoxy) is 1. The first-order valence-electron chi connectivity index (χ1n) is 4.56. The van der Waals surface area contributed by atoms with Crippen LogP contribution in [-0.4, -0.2) is 0 Å². The number of rotatable bonds is 3. The van der Waals surface area contributed by atoms with Gasteiger partial charge in [0.2, 0.25) is 0 Å². The van der Waals surface area contributed by atoms with Gasteiger partial charge in [-0.25, -0.2) is 0 Å². The molecular weight excluding hydrogens is 310 g/mol. The zero-order valence-electron chi connectivity index (χ0n) is 8.24. The Hall–Kier alpha value is -0.710. The number of nitrogen functional groups attached to an aromatic ring is 1. The van der Waals surface area contributed by atoms with Gasteiger partial charge in [0.05, 0.1) is 10.6 Å². The van der Waals surface area contributed by atoms with Crippen molar-refractivity contribution in [3.63, 3.8) is 0 Å². The largest absolute Gasteiger partial charge is 0.486 e. The zero-order valence-corrected chi connectivity index (χ0v) is 11.4. The van der Waals surface area contributed by atoms with Crippen LogP contribution in [0.4, 0.5) is 5.69 Å². The lowest BCUT2D eigenvalue weighted by Gasteiger charge is -2.08. The van der Waals surface area contributed by atoms with E-state index in [-0.39, 0.29) is 0 Å². The van der Waals surface area contributed by atoms with Crippen LogP contribution in [0.2, 0.25) is 5.02 Å². The van der Waals surface area contributed by atoms with Crippen LogP contribution in [-0.2, 0) is 6.61 Å². The minimum absolute atomic E-state index is 0.489. The average molecular weight is 319 g/mol. The van der Waals surface area contributed by atoms with Crippen molar-refractivity contribution < 1.29 is 4.74 Å². The van der Waals surface area contributed by atoms with Crippen LogP contribution in [0.25, 0.3) is 0 Å². The third kappa shape index (κ3) is 2.70. The molecule has 2 rings (SSSR count). The van der Waals surface area contributed by atoms with Crippen molar-refractivity contribution in [3.05, 3.63) is 44.0 Å². The maximum Gasteiger partial charge on any atom is 0.144 e. The van der Waals surface area contributed by atoms with Crippen molar-refractivity contribution in [3.8, 4) is 5.75 Å². The fourth-order valence-corrected chi connectivity index (χ4v) is 2.74. The van der Waals surface area contributed by atoms with Gasteiger partial charge in [0.15, 0.2) is 0 Å². The summed E-state index contributed by atoms with van der Waals surface area (Å²) in [5.41, 5.74) is 6.37. The van der Waals surface area contributed by atoms with Gasteiger partial charge in [-0.1, -0.05) is 11.6 Å². The van der Waals surface area contributed by atoms with Gasteiger partial charge in [0, 0.05) is 15.6 Å². The minimum atomic E-state index is 0.489. The second-order valence-electron chi connectivity index (χ2n) is 3.16. The number of hydrogen-bond acceptors (Lipinski definition) is 3. The Kier molecular flexibility index (Phi) is 3.74. The molecular formula is C11H9BrClNOS. The summed E-state index contributed by atoms with van der Waals surface area (Å²) >= 11 is 10.9. The molecule has 0 saturated heterocycles. The van der Waals surface area contributed by atoms with E-state index in [1.54, 1.807) is 29.5 Å². The number of benzene rings is 1. The minimum Gasteiger partial charge on any atom is -0.486 e. The second-order valence-corrected chi connectivity index (χ2v) is 5.45. The first-order valence-corrected chi connectivity index (χ1v) is 6.61. The van der Waals surface area contributed by atoms with Crippen molar-refractivity contribution in [2.24, 2.45) is 0 Å². The summed E-state index contributed by atoms with van der Waals surface area (Å²) in [6, 6.07) is 7.19. The van der Waals surface area contributed by atoms with E-state index >= 15 is 0 Å². The lowest BCUT2D eigenvalue weighted by atomic mass is 10.3. The Bertz CT molecular complexity index is 500. The lowest BCUT2D eigenvalue weighted by Crippen LogP contribution is -1.97. The Morgan fingerprint density at radius 3 is 2.88 bits per heavy atom. The quantitative estimate of drug-likeness (QED) is 0.855. The van der Waals surface area contributed by atoms with E-state index in [4.69, 9.17) is 22.1 Å². The monoisotopic (exact) mass is 317 g/mol. The van der Waals surface area contributed by atoms with E-state index in [1.807, 2.05) is 11.4 Å². The molecule has 0 aliphatic rings. The molecule has 2 aromatic rings. The van der Waals surface area contributed by atoms with Crippen LogP contribution in [0.5, 0.6) is 5.75 Å². The Balaban J connectivity index is 2.10. The molecule has 0 unspecified atom stereocenters. The molecule has 0 amide bonds. The van der Waals surface area contributed by atoms with E-state index in [9.17, 15) is 0 Å². The van der Waals surface area contributed by atoms with Crippen LogP contribution in [0.15, 0.2) is 34.1 Å². The average Bonchev–Trinajstić information content (AvgIpc) is 2.66. The number of thiophene rings is 1. The van der Waals surface area contributed by atoms with Gasteiger partial charge < -0.3 is 10.5 Å². The molecule has 0 aliphatic carbocycles. The van der Waals surface area contributed by atoms with E-state index in [0.717, 1.165) is 9.35 Å². The van der Waals surface area contributed by atoms with Gasteiger partial charge >= 0.3 is 0 Å². The molecule has 0 aliphatic heterocycles. The highest BCUT2D eigenvalue weighted by molar-refractivity contribution is 9.10. The van der Waals surface area contributed by atoms with Gasteiger partial charge in [0.1, 0.15) is 12.4 Å². The molecule has 0 radical (unpaired) electrons. The van der Waals surface area contributed by atoms with Crippen LogP contribution < -0.4 is 10.5 Å². The number of halogens is 2. The molecule has 84 valence electrons.